The van der Waals surface area contributed by atoms with E-state index in [1.165, 1.54) is 11.1 Å². The monoisotopic (exact) mass is 473 g/mol. The fraction of sp³-hybridized carbons (Fsp3) is 0.360. The standard InChI is InChI=1S/C25H31N7OSi/c1-16(2)31-24(33)21-15-28-25(29-19-7-6-18-14-26-10-8-17(18)12-19)30-23(21)32(31)20-9-11-27-22(13-20)34(3,4)5/h6-7,9,11-13,15-16,26H,8,10,14H2,1-5H3,(H,28,29,30). The Bertz CT molecular complexity index is 1430. The van der Waals surface area contributed by atoms with Crippen LogP contribution in [0.15, 0.2) is 47.5 Å². The lowest BCUT2D eigenvalue weighted by Gasteiger charge is -2.19. The highest BCUT2D eigenvalue weighted by Crippen LogP contribution is 2.23. The Morgan fingerprint density at radius 1 is 1.09 bits per heavy atom. The number of benzene rings is 1. The van der Waals surface area contributed by atoms with E-state index in [-0.39, 0.29) is 11.6 Å². The van der Waals surface area contributed by atoms with Crippen molar-refractivity contribution in [3.63, 3.8) is 0 Å². The summed E-state index contributed by atoms with van der Waals surface area (Å²) in [6.45, 7) is 12.7. The predicted octanol–water partition coefficient (Wildman–Crippen LogP) is 3.49. The molecule has 4 heterocycles. The minimum absolute atomic E-state index is 0.0455. The van der Waals surface area contributed by atoms with Crippen molar-refractivity contribution in [2.75, 3.05) is 11.9 Å². The normalized spacial score (nSPS) is 13.9. The van der Waals surface area contributed by atoms with Gasteiger partial charge in [0, 0.05) is 36.0 Å². The summed E-state index contributed by atoms with van der Waals surface area (Å²) in [5.41, 5.74) is 4.99. The molecule has 0 saturated carbocycles. The molecule has 9 heteroatoms. The van der Waals surface area contributed by atoms with Gasteiger partial charge in [0.15, 0.2) is 5.65 Å². The molecule has 1 aliphatic heterocycles. The van der Waals surface area contributed by atoms with E-state index in [1.54, 1.807) is 10.9 Å². The van der Waals surface area contributed by atoms with E-state index in [0.717, 1.165) is 36.2 Å². The number of nitrogens with zero attached hydrogens (tertiary/aromatic N) is 5. The number of anilines is 2. The molecule has 0 fully saturated rings. The largest absolute Gasteiger partial charge is 0.324 e. The van der Waals surface area contributed by atoms with Crippen molar-refractivity contribution in [1.82, 2.24) is 29.6 Å². The summed E-state index contributed by atoms with van der Waals surface area (Å²) in [5, 5.41) is 8.34. The molecule has 0 bridgehead atoms. The summed E-state index contributed by atoms with van der Waals surface area (Å²) in [7, 11) is -1.64. The number of nitrogens with one attached hydrogen (secondary N) is 2. The number of rotatable bonds is 5. The van der Waals surface area contributed by atoms with Crippen LogP contribution >= 0.6 is 0 Å². The fourth-order valence-corrected chi connectivity index (χ4v) is 5.46. The van der Waals surface area contributed by atoms with Gasteiger partial charge in [-0.2, -0.15) is 4.98 Å². The Labute approximate surface area is 200 Å². The van der Waals surface area contributed by atoms with Crippen LogP contribution in [0.3, 0.4) is 0 Å². The highest BCUT2D eigenvalue weighted by atomic mass is 28.3. The van der Waals surface area contributed by atoms with Crippen molar-refractivity contribution in [3.8, 4) is 5.69 Å². The molecule has 0 unspecified atom stereocenters. The van der Waals surface area contributed by atoms with Crippen molar-refractivity contribution in [2.24, 2.45) is 0 Å². The number of hydrogen-bond donors (Lipinski definition) is 2. The number of fused-ring (bicyclic) bond motifs is 2. The zero-order valence-electron chi connectivity index (χ0n) is 20.4. The summed E-state index contributed by atoms with van der Waals surface area (Å²) in [5.74, 6) is 0.468. The molecular formula is C25H31N7OSi. The molecule has 2 N–H and O–H groups in total. The van der Waals surface area contributed by atoms with E-state index in [9.17, 15) is 4.79 Å². The second-order valence-corrected chi connectivity index (χ2v) is 15.2. The van der Waals surface area contributed by atoms with Gasteiger partial charge in [-0.3, -0.25) is 9.78 Å². The van der Waals surface area contributed by atoms with Gasteiger partial charge < -0.3 is 10.6 Å². The third-order valence-electron chi connectivity index (χ3n) is 6.22. The van der Waals surface area contributed by atoms with Gasteiger partial charge in [-0.15, -0.1) is 0 Å². The molecule has 1 aromatic carbocycles. The maximum atomic E-state index is 13.3. The van der Waals surface area contributed by atoms with E-state index < -0.39 is 8.07 Å². The first-order valence-electron chi connectivity index (χ1n) is 11.8. The van der Waals surface area contributed by atoms with Gasteiger partial charge in [0.25, 0.3) is 5.56 Å². The van der Waals surface area contributed by atoms with Crippen LogP contribution in [0, 0.1) is 0 Å². The molecule has 0 saturated heterocycles. The minimum atomic E-state index is -1.64. The lowest BCUT2D eigenvalue weighted by Crippen LogP contribution is -2.40. The van der Waals surface area contributed by atoms with Crippen LogP contribution in [0.2, 0.25) is 19.6 Å². The highest BCUT2D eigenvalue weighted by Gasteiger charge is 2.23. The molecule has 0 amide bonds. The molecule has 8 nitrogen and oxygen atoms in total. The van der Waals surface area contributed by atoms with Crippen molar-refractivity contribution in [2.45, 2.75) is 52.5 Å². The Hall–Kier alpha value is -3.30. The quantitative estimate of drug-likeness (QED) is 0.431. The Morgan fingerprint density at radius 2 is 1.91 bits per heavy atom. The van der Waals surface area contributed by atoms with Crippen LogP contribution in [0.5, 0.6) is 0 Å². The SMILES string of the molecule is CC(C)n1c(=O)c2cnc(Nc3ccc4c(c3)CCNC4)nc2n1-c1ccnc([Si](C)(C)C)c1. The molecule has 0 aliphatic carbocycles. The smallest absolute Gasteiger partial charge is 0.278 e. The first-order chi connectivity index (χ1) is 16.2. The van der Waals surface area contributed by atoms with E-state index in [1.807, 2.05) is 30.8 Å². The molecule has 1 aliphatic rings. The summed E-state index contributed by atoms with van der Waals surface area (Å²) >= 11 is 0. The highest BCUT2D eigenvalue weighted by molar-refractivity contribution is 6.88. The topological polar surface area (TPSA) is 89.7 Å². The average Bonchev–Trinajstić information content (AvgIpc) is 3.10. The first kappa shape index (κ1) is 22.5. The van der Waals surface area contributed by atoms with Crippen LogP contribution < -0.4 is 21.5 Å². The van der Waals surface area contributed by atoms with E-state index in [4.69, 9.17) is 4.98 Å². The molecule has 4 aromatic rings. The molecular weight excluding hydrogens is 442 g/mol. The minimum Gasteiger partial charge on any atom is -0.324 e. The van der Waals surface area contributed by atoms with Crippen LogP contribution in [-0.4, -0.2) is 38.9 Å². The van der Waals surface area contributed by atoms with E-state index in [2.05, 4.69) is 64.5 Å². The maximum Gasteiger partial charge on any atom is 0.278 e. The molecule has 3 aromatic heterocycles. The first-order valence-corrected chi connectivity index (χ1v) is 15.3. The van der Waals surface area contributed by atoms with Gasteiger partial charge in [0.05, 0.1) is 5.69 Å². The Kier molecular flexibility index (Phi) is 5.61. The summed E-state index contributed by atoms with van der Waals surface area (Å²) in [6, 6.07) is 10.3. The van der Waals surface area contributed by atoms with Gasteiger partial charge in [0.2, 0.25) is 5.95 Å². The van der Waals surface area contributed by atoms with Crippen molar-refractivity contribution < 1.29 is 0 Å². The lowest BCUT2D eigenvalue weighted by molar-refractivity contribution is 0.476. The van der Waals surface area contributed by atoms with E-state index >= 15 is 0 Å². The predicted molar refractivity (Wildman–Crippen MR) is 139 cm³/mol. The summed E-state index contributed by atoms with van der Waals surface area (Å²) < 4.78 is 3.66. The summed E-state index contributed by atoms with van der Waals surface area (Å²) in [6.07, 6.45) is 4.46. The number of pyridine rings is 1. The van der Waals surface area contributed by atoms with Gasteiger partial charge in [-0.1, -0.05) is 25.7 Å². The van der Waals surface area contributed by atoms with Crippen LogP contribution in [0.1, 0.15) is 31.0 Å². The van der Waals surface area contributed by atoms with Crippen LogP contribution in [0.4, 0.5) is 11.6 Å². The average molecular weight is 474 g/mol. The van der Waals surface area contributed by atoms with Gasteiger partial charge in [-0.05, 0) is 62.2 Å². The third-order valence-corrected chi connectivity index (χ3v) is 8.03. The molecule has 176 valence electrons. The zero-order chi connectivity index (χ0) is 24.0. The van der Waals surface area contributed by atoms with Crippen LogP contribution in [0.25, 0.3) is 16.7 Å². The Morgan fingerprint density at radius 3 is 2.68 bits per heavy atom. The molecule has 0 spiro atoms. The molecule has 0 radical (unpaired) electrons. The third kappa shape index (κ3) is 4.05. The maximum absolute atomic E-state index is 13.3. The van der Waals surface area contributed by atoms with Crippen LogP contribution in [-0.2, 0) is 13.0 Å². The van der Waals surface area contributed by atoms with E-state index in [0.29, 0.717) is 17.0 Å². The Balaban J connectivity index is 1.63. The van der Waals surface area contributed by atoms with Gasteiger partial charge in [-0.25, -0.2) is 14.3 Å². The van der Waals surface area contributed by atoms with Crippen molar-refractivity contribution in [1.29, 1.82) is 0 Å². The lowest BCUT2D eigenvalue weighted by atomic mass is 10.0. The second kappa shape index (κ2) is 8.48. The molecule has 5 rings (SSSR count). The zero-order valence-corrected chi connectivity index (χ0v) is 21.4. The van der Waals surface area contributed by atoms with Gasteiger partial charge >= 0.3 is 0 Å². The summed E-state index contributed by atoms with van der Waals surface area (Å²) in [4.78, 5) is 27.2. The number of hydrogen-bond acceptors (Lipinski definition) is 6. The van der Waals surface area contributed by atoms with Crippen molar-refractivity contribution >= 4 is 36.1 Å². The fourth-order valence-electron chi connectivity index (χ4n) is 4.42. The van der Waals surface area contributed by atoms with Gasteiger partial charge in [0.1, 0.15) is 13.5 Å². The molecule has 0 atom stereocenters. The number of aromatic nitrogens is 5. The van der Waals surface area contributed by atoms with Crippen molar-refractivity contribution in [3.05, 3.63) is 64.2 Å². The second-order valence-electron chi connectivity index (χ2n) is 10.2. The molecule has 34 heavy (non-hydrogen) atoms.